The zero-order valence-corrected chi connectivity index (χ0v) is 17.1. The third kappa shape index (κ3) is 3.24. The van der Waals surface area contributed by atoms with E-state index < -0.39 is 11.2 Å². The van der Waals surface area contributed by atoms with Crippen molar-refractivity contribution in [3.8, 4) is 17.5 Å². The summed E-state index contributed by atoms with van der Waals surface area (Å²) in [6, 6.07) is 15.5. The predicted octanol–water partition coefficient (Wildman–Crippen LogP) is 1.79. The van der Waals surface area contributed by atoms with Gasteiger partial charge in [-0.15, -0.1) is 0 Å². The van der Waals surface area contributed by atoms with Crippen LogP contribution in [0.15, 0.2) is 58.1 Å². The topological polar surface area (TPSA) is 89.5 Å². The Morgan fingerprint density at radius 1 is 0.968 bits per heavy atom. The van der Waals surface area contributed by atoms with Crippen LogP contribution in [0, 0.1) is 0 Å². The maximum Gasteiger partial charge on any atom is 0.332 e. The molecular weight excluding hydrogens is 400 g/mol. The van der Waals surface area contributed by atoms with Crippen LogP contribution in [0.2, 0.25) is 0 Å². The van der Waals surface area contributed by atoms with E-state index in [1.54, 1.807) is 11.6 Å². The van der Waals surface area contributed by atoms with Gasteiger partial charge in [0, 0.05) is 14.1 Å². The van der Waals surface area contributed by atoms with Crippen LogP contribution < -0.4 is 25.5 Å². The Hall–Kier alpha value is -4.01. The fourth-order valence-electron chi connectivity index (χ4n) is 3.63. The average Bonchev–Trinajstić information content (AvgIpc) is 3.40. The zero-order chi connectivity index (χ0) is 21.5. The van der Waals surface area contributed by atoms with Crippen LogP contribution in [0.3, 0.4) is 0 Å². The molecule has 1 aliphatic rings. The van der Waals surface area contributed by atoms with Crippen molar-refractivity contribution in [1.82, 2.24) is 18.7 Å². The summed E-state index contributed by atoms with van der Waals surface area (Å²) in [5.41, 5.74) is 1.58. The number of rotatable bonds is 5. The van der Waals surface area contributed by atoms with E-state index in [4.69, 9.17) is 14.2 Å². The molecule has 9 heteroatoms. The zero-order valence-electron chi connectivity index (χ0n) is 17.1. The molecule has 0 aliphatic carbocycles. The summed E-state index contributed by atoms with van der Waals surface area (Å²) in [4.78, 5) is 29.8. The molecule has 4 aromatic rings. The standard InChI is InChI=1S/C22H20N4O5/c1-24-19-18(20(27)25(2)22(24)28)26(11-14-6-4-3-5-7-14)21(23-19)29-12-15-8-9-16-17(10-15)31-13-30-16/h3-10H,11-13H2,1-2H3. The molecule has 31 heavy (non-hydrogen) atoms. The van der Waals surface area contributed by atoms with Gasteiger partial charge in [-0.25, -0.2) is 4.79 Å². The molecule has 158 valence electrons. The van der Waals surface area contributed by atoms with Gasteiger partial charge in [0.15, 0.2) is 22.7 Å². The molecule has 0 spiro atoms. The maximum atomic E-state index is 12.9. The van der Waals surface area contributed by atoms with Crippen LogP contribution in [-0.2, 0) is 27.2 Å². The summed E-state index contributed by atoms with van der Waals surface area (Å²) in [6.07, 6.45) is 0. The molecule has 3 heterocycles. The van der Waals surface area contributed by atoms with E-state index in [0.29, 0.717) is 23.6 Å². The largest absolute Gasteiger partial charge is 0.460 e. The molecular formula is C22H20N4O5. The molecule has 0 fully saturated rings. The molecule has 0 N–H and O–H groups in total. The molecule has 0 unspecified atom stereocenters. The number of hydrogen-bond donors (Lipinski definition) is 0. The molecule has 2 aromatic carbocycles. The van der Waals surface area contributed by atoms with E-state index in [2.05, 4.69) is 4.98 Å². The molecule has 9 nitrogen and oxygen atoms in total. The Bertz CT molecular complexity index is 1400. The second-order valence-electron chi connectivity index (χ2n) is 7.32. The summed E-state index contributed by atoms with van der Waals surface area (Å²) in [6.45, 7) is 0.786. The summed E-state index contributed by atoms with van der Waals surface area (Å²) >= 11 is 0. The highest BCUT2D eigenvalue weighted by atomic mass is 16.7. The lowest BCUT2D eigenvalue weighted by atomic mass is 10.2. The molecule has 0 saturated carbocycles. The lowest BCUT2D eigenvalue weighted by Gasteiger charge is -2.11. The Labute approximate surface area is 176 Å². The van der Waals surface area contributed by atoms with E-state index >= 15 is 0 Å². The van der Waals surface area contributed by atoms with Crippen molar-refractivity contribution in [3.63, 3.8) is 0 Å². The average molecular weight is 420 g/mol. The molecule has 1 aliphatic heterocycles. The van der Waals surface area contributed by atoms with Gasteiger partial charge < -0.3 is 14.2 Å². The summed E-state index contributed by atoms with van der Waals surface area (Å²) < 4.78 is 20.9. The van der Waals surface area contributed by atoms with Gasteiger partial charge >= 0.3 is 5.69 Å². The van der Waals surface area contributed by atoms with E-state index in [1.165, 1.54) is 11.6 Å². The Morgan fingerprint density at radius 3 is 2.55 bits per heavy atom. The number of hydrogen-bond acceptors (Lipinski definition) is 6. The number of aryl methyl sites for hydroxylation is 1. The molecule has 5 rings (SSSR count). The SMILES string of the molecule is Cn1c(=O)c2c(nc(OCc3ccc4c(c3)OCO4)n2Cc2ccccc2)n(C)c1=O. The number of fused-ring (bicyclic) bond motifs is 2. The van der Waals surface area contributed by atoms with E-state index in [9.17, 15) is 9.59 Å². The van der Waals surface area contributed by atoms with Crippen LogP contribution in [0.1, 0.15) is 11.1 Å². The van der Waals surface area contributed by atoms with Crippen molar-refractivity contribution in [2.45, 2.75) is 13.2 Å². The number of nitrogens with zero attached hydrogens (tertiary/aromatic N) is 4. The van der Waals surface area contributed by atoms with Crippen LogP contribution in [-0.4, -0.2) is 25.5 Å². The van der Waals surface area contributed by atoms with E-state index in [1.807, 2.05) is 48.5 Å². The van der Waals surface area contributed by atoms with Crippen molar-refractivity contribution >= 4 is 11.2 Å². The Balaban J connectivity index is 1.58. The highest BCUT2D eigenvalue weighted by Gasteiger charge is 2.21. The lowest BCUT2D eigenvalue weighted by Crippen LogP contribution is -2.37. The molecule has 2 aromatic heterocycles. The van der Waals surface area contributed by atoms with Crippen LogP contribution in [0.4, 0.5) is 0 Å². The Morgan fingerprint density at radius 2 is 1.74 bits per heavy atom. The highest BCUT2D eigenvalue weighted by Crippen LogP contribution is 2.33. The first-order chi connectivity index (χ1) is 15.0. The molecule has 0 saturated heterocycles. The van der Waals surface area contributed by atoms with Crippen LogP contribution in [0.5, 0.6) is 17.5 Å². The van der Waals surface area contributed by atoms with Crippen LogP contribution in [0.25, 0.3) is 11.2 Å². The van der Waals surface area contributed by atoms with Gasteiger partial charge in [0.25, 0.3) is 11.6 Å². The smallest absolute Gasteiger partial charge is 0.332 e. The van der Waals surface area contributed by atoms with Crippen molar-refractivity contribution in [3.05, 3.63) is 80.5 Å². The third-order valence-corrected chi connectivity index (χ3v) is 5.30. The minimum atomic E-state index is -0.441. The molecule has 0 amide bonds. The number of ether oxygens (including phenoxy) is 3. The quantitative estimate of drug-likeness (QED) is 0.489. The first kappa shape index (κ1) is 19.0. The number of benzene rings is 2. The van der Waals surface area contributed by atoms with E-state index in [0.717, 1.165) is 15.7 Å². The molecule has 0 atom stereocenters. The normalized spacial score (nSPS) is 12.5. The maximum absolute atomic E-state index is 12.9. The number of imidazole rings is 1. The fourth-order valence-corrected chi connectivity index (χ4v) is 3.63. The monoisotopic (exact) mass is 420 g/mol. The highest BCUT2D eigenvalue weighted by molar-refractivity contribution is 5.72. The van der Waals surface area contributed by atoms with Gasteiger partial charge in [-0.2, -0.15) is 4.98 Å². The second-order valence-corrected chi connectivity index (χ2v) is 7.32. The number of aromatic nitrogens is 4. The van der Waals surface area contributed by atoms with Crippen molar-refractivity contribution < 1.29 is 14.2 Å². The molecule has 0 radical (unpaired) electrons. The first-order valence-electron chi connectivity index (χ1n) is 9.74. The van der Waals surface area contributed by atoms with Gasteiger partial charge in [0.2, 0.25) is 6.79 Å². The van der Waals surface area contributed by atoms with Crippen molar-refractivity contribution in [1.29, 1.82) is 0 Å². The van der Waals surface area contributed by atoms with Gasteiger partial charge in [-0.3, -0.25) is 18.5 Å². The predicted molar refractivity (Wildman–Crippen MR) is 113 cm³/mol. The van der Waals surface area contributed by atoms with E-state index in [-0.39, 0.29) is 25.1 Å². The Kier molecular flexibility index (Phi) is 4.50. The second kappa shape index (κ2) is 7.35. The summed E-state index contributed by atoms with van der Waals surface area (Å²) in [7, 11) is 3.04. The fraction of sp³-hybridized carbons (Fsp3) is 0.227. The van der Waals surface area contributed by atoms with Crippen molar-refractivity contribution in [2.24, 2.45) is 14.1 Å². The minimum Gasteiger partial charge on any atom is -0.460 e. The third-order valence-electron chi connectivity index (χ3n) is 5.30. The van der Waals surface area contributed by atoms with Gasteiger partial charge in [0.05, 0.1) is 6.54 Å². The van der Waals surface area contributed by atoms with Gasteiger partial charge in [-0.05, 0) is 23.3 Å². The van der Waals surface area contributed by atoms with Crippen LogP contribution >= 0.6 is 0 Å². The van der Waals surface area contributed by atoms with Gasteiger partial charge in [0.1, 0.15) is 6.61 Å². The summed E-state index contributed by atoms with van der Waals surface area (Å²) in [5.74, 6) is 1.36. The minimum absolute atomic E-state index is 0.198. The molecule has 0 bridgehead atoms. The van der Waals surface area contributed by atoms with Gasteiger partial charge in [-0.1, -0.05) is 36.4 Å². The van der Waals surface area contributed by atoms with Crippen molar-refractivity contribution in [2.75, 3.05) is 6.79 Å². The summed E-state index contributed by atoms with van der Waals surface area (Å²) in [5, 5.41) is 0. The lowest BCUT2D eigenvalue weighted by molar-refractivity contribution is 0.174. The first-order valence-corrected chi connectivity index (χ1v) is 9.74.